The van der Waals surface area contributed by atoms with E-state index in [1.54, 1.807) is 13.0 Å². The molecule has 17 heavy (non-hydrogen) atoms. The first-order valence-corrected chi connectivity index (χ1v) is 5.85. The van der Waals surface area contributed by atoms with Gasteiger partial charge in [-0.3, -0.25) is 0 Å². The molecule has 0 saturated heterocycles. The van der Waals surface area contributed by atoms with Crippen LogP contribution in [0.2, 0.25) is 0 Å². The van der Waals surface area contributed by atoms with E-state index in [1.165, 1.54) is 6.07 Å². The molecule has 0 spiro atoms. The molecule has 0 aliphatic rings. The molecule has 0 heterocycles. The van der Waals surface area contributed by atoms with Crippen LogP contribution in [0.15, 0.2) is 18.2 Å². The van der Waals surface area contributed by atoms with Gasteiger partial charge in [-0.25, -0.2) is 4.39 Å². The van der Waals surface area contributed by atoms with Gasteiger partial charge in [-0.1, -0.05) is 12.1 Å². The number of hydrogen-bond acceptors (Lipinski definition) is 3. The van der Waals surface area contributed by atoms with Crippen molar-refractivity contribution in [3.05, 3.63) is 35.1 Å². The van der Waals surface area contributed by atoms with Gasteiger partial charge in [0.1, 0.15) is 5.82 Å². The minimum absolute atomic E-state index is 0.144. The Morgan fingerprint density at radius 2 is 2.12 bits per heavy atom. The highest BCUT2D eigenvalue weighted by Gasteiger charge is 2.09. The molecule has 0 aromatic heterocycles. The largest absolute Gasteiger partial charge is 0.395 e. The van der Waals surface area contributed by atoms with Crippen molar-refractivity contribution in [2.45, 2.75) is 19.4 Å². The lowest BCUT2D eigenvalue weighted by atomic mass is 10.0. The fraction of sp³-hybridized carbons (Fsp3) is 0.538. The van der Waals surface area contributed by atoms with Crippen molar-refractivity contribution in [3.8, 4) is 0 Å². The van der Waals surface area contributed by atoms with Gasteiger partial charge in [-0.05, 0) is 44.1 Å². The maximum atomic E-state index is 13.4. The SMILES string of the molecule is Cc1ccc(C(N)CCN(C)CCO)cc1F. The average Bonchev–Trinajstić information content (AvgIpc) is 2.30. The number of aliphatic hydroxyl groups is 1. The molecule has 0 amide bonds. The van der Waals surface area contributed by atoms with Gasteiger partial charge in [-0.2, -0.15) is 0 Å². The fourth-order valence-corrected chi connectivity index (χ4v) is 1.65. The molecular weight excluding hydrogens is 219 g/mol. The zero-order valence-corrected chi connectivity index (χ0v) is 10.5. The van der Waals surface area contributed by atoms with Crippen molar-refractivity contribution in [2.24, 2.45) is 5.73 Å². The van der Waals surface area contributed by atoms with Crippen molar-refractivity contribution in [1.82, 2.24) is 4.90 Å². The van der Waals surface area contributed by atoms with E-state index in [0.29, 0.717) is 12.1 Å². The second kappa shape index (κ2) is 6.69. The van der Waals surface area contributed by atoms with Crippen LogP contribution in [-0.4, -0.2) is 36.8 Å². The molecule has 96 valence electrons. The van der Waals surface area contributed by atoms with Crippen LogP contribution in [0.3, 0.4) is 0 Å². The molecule has 0 aliphatic carbocycles. The summed E-state index contributed by atoms with van der Waals surface area (Å²) >= 11 is 0. The predicted octanol–water partition coefficient (Wildman–Crippen LogP) is 1.45. The van der Waals surface area contributed by atoms with Gasteiger partial charge in [0.2, 0.25) is 0 Å². The number of hydrogen-bond donors (Lipinski definition) is 2. The van der Waals surface area contributed by atoms with E-state index in [1.807, 2.05) is 18.0 Å². The maximum Gasteiger partial charge on any atom is 0.126 e. The number of halogens is 1. The molecule has 3 N–H and O–H groups in total. The third kappa shape index (κ3) is 4.42. The van der Waals surface area contributed by atoms with Gasteiger partial charge < -0.3 is 15.7 Å². The van der Waals surface area contributed by atoms with E-state index in [2.05, 4.69) is 0 Å². The first kappa shape index (κ1) is 14.1. The molecule has 3 nitrogen and oxygen atoms in total. The van der Waals surface area contributed by atoms with Crippen LogP contribution in [0.1, 0.15) is 23.6 Å². The zero-order chi connectivity index (χ0) is 12.8. The lowest BCUT2D eigenvalue weighted by Crippen LogP contribution is -2.26. The summed E-state index contributed by atoms with van der Waals surface area (Å²) in [6, 6.07) is 4.97. The Morgan fingerprint density at radius 3 is 2.71 bits per heavy atom. The second-order valence-electron chi connectivity index (χ2n) is 4.43. The minimum Gasteiger partial charge on any atom is -0.395 e. The number of aliphatic hydroxyl groups excluding tert-OH is 1. The van der Waals surface area contributed by atoms with Crippen LogP contribution in [0, 0.1) is 12.7 Å². The molecule has 0 radical (unpaired) electrons. The first-order chi connectivity index (χ1) is 8.04. The molecule has 0 saturated carbocycles. The monoisotopic (exact) mass is 240 g/mol. The van der Waals surface area contributed by atoms with E-state index in [-0.39, 0.29) is 18.5 Å². The lowest BCUT2D eigenvalue weighted by Gasteiger charge is -2.18. The van der Waals surface area contributed by atoms with E-state index >= 15 is 0 Å². The van der Waals surface area contributed by atoms with Crippen molar-refractivity contribution < 1.29 is 9.50 Å². The maximum absolute atomic E-state index is 13.4. The second-order valence-corrected chi connectivity index (χ2v) is 4.43. The highest BCUT2D eigenvalue weighted by molar-refractivity contribution is 5.25. The molecule has 0 bridgehead atoms. The van der Waals surface area contributed by atoms with Gasteiger partial charge in [-0.15, -0.1) is 0 Å². The summed E-state index contributed by atoms with van der Waals surface area (Å²) < 4.78 is 13.4. The highest BCUT2D eigenvalue weighted by atomic mass is 19.1. The van der Waals surface area contributed by atoms with E-state index in [4.69, 9.17) is 10.8 Å². The Morgan fingerprint density at radius 1 is 1.41 bits per heavy atom. The van der Waals surface area contributed by atoms with E-state index < -0.39 is 0 Å². The summed E-state index contributed by atoms with van der Waals surface area (Å²) in [5.41, 5.74) is 7.46. The summed E-state index contributed by atoms with van der Waals surface area (Å²) in [5.74, 6) is -0.207. The van der Waals surface area contributed by atoms with Crippen LogP contribution in [0.25, 0.3) is 0 Å². The van der Waals surface area contributed by atoms with Crippen LogP contribution in [0.5, 0.6) is 0 Å². The number of rotatable bonds is 6. The van der Waals surface area contributed by atoms with E-state index in [9.17, 15) is 4.39 Å². The fourth-order valence-electron chi connectivity index (χ4n) is 1.65. The van der Waals surface area contributed by atoms with Crippen LogP contribution >= 0.6 is 0 Å². The van der Waals surface area contributed by atoms with Gasteiger partial charge in [0.25, 0.3) is 0 Å². The molecule has 1 atom stereocenters. The van der Waals surface area contributed by atoms with E-state index in [0.717, 1.165) is 18.5 Å². The zero-order valence-electron chi connectivity index (χ0n) is 10.5. The van der Waals surface area contributed by atoms with Crippen molar-refractivity contribution in [2.75, 3.05) is 26.7 Å². The first-order valence-electron chi connectivity index (χ1n) is 5.85. The highest BCUT2D eigenvalue weighted by Crippen LogP contribution is 2.17. The Bertz CT molecular complexity index is 357. The predicted molar refractivity (Wildman–Crippen MR) is 67.3 cm³/mol. The summed E-state index contributed by atoms with van der Waals surface area (Å²) in [5, 5.41) is 8.76. The summed E-state index contributed by atoms with van der Waals surface area (Å²) in [7, 11) is 1.93. The minimum atomic E-state index is -0.207. The molecule has 0 fully saturated rings. The van der Waals surface area contributed by atoms with Gasteiger partial charge in [0, 0.05) is 12.6 Å². The normalized spacial score (nSPS) is 13.1. The van der Waals surface area contributed by atoms with Crippen LogP contribution in [-0.2, 0) is 0 Å². The Labute approximate surface area is 102 Å². The topological polar surface area (TPSA) is 49.5 Å². The van der Waals surface area contributed by atoms with Crippen LogP contribution < -0.4 is 5.73 Å². The molecular formula is C13H21FN2O. The van der Waals surface area contributed by atoms with Crippen LogP contribution in [0.4, 0.5) is 4.39 Å². The van der Waals surface area contributed by atoms with Gasteiger partial charge in [0.15, 0.2) is 0 Å². The standard InChI is InChI=1S/C13H21FN2O/c1-10-3-4-11(9-12(10)14)13(15)5-6-16(2)7-8-17/h3-4,9,13,17H,5-8,15H2,1-2H3. The van der Waals surface area contributed by atoms with Crippen molar-refractivity contribution in [1.29, 1.82) is 0 Å². The smallest absolute Gasteiger partial charge is 0.126 e. The Hall–Kier alpha value is -0.970. The van der Waals surface area contributed by atoms with Crippen molar-refractivity contribution >= 4 is 0 Å². The molecule has 1 aromatic carbocycles. The summed E-state index contributed by atoms with van der Waals surface area (Å²) in [6.45, 7) is 3.30. The Balaban J connectivity index is 2.52. The summed E-state index contributed by atoms with van der Waals surface area (Å²) in [6.07, 6.45) is 0.749. The Kier molecular flexibility index (Phi) is 5.55. The molecule has 0 aliphatic heterocycles. The molecule has 1 aromatic rings. The third-order valence-electron chi connectivity index (χ3n) is 2.93. The quantitative estimate of drug-likeness (QED) is 0.791. The summed E-state index contributed by atoms with van der Waals surface area (Å²) in [4.78, 5) is 2.00. The van der Waals surface area contributed by atoms with Gasteiger partial charge >= 0.3 is 0 Å². The number of aryl methyl sites for hydroxylation is 1. The number of likely N-dealkylation sites (N-methyl/N-ethyl adjacent to an activating group) is 1. The molecule has 1 unspecified atom stereocenters. The molecule has 4 heteroatoms. The number of benzene rings is 1. The molecule has 1 rings (SSSR count). The van der Waals surface area contributed by atoms with Crippen molar-refractivity contribution in [3.63, 3.8) is 0 Å². The lowest BCUT2D eigenvalue weighted by molar-refractivity contribution is 0.217. The average molecular weight is 240 g/mol. The number of nitrogens with two attached hydrogens (primary N) is 1. The van der Waals surface area contributed by atoms with Gasteiger partial charge in [0.05, 0.1) is 6.61 Å². The third-order valence-corrected chi connectivity index (χ3v) is 2.93. The number of nitrogens with zero attached hydrogens (tertiary/aromatic N) is 1.